The van der Waals surface area contributed by atoms with Crippen LogP contribution in [-0.2, 0) is 0 Å². The van der Waals surface area contributed by atoms with E-state index in [9.17, 15) is 4.39 Å². The summed E-state index contributed by atoms with van der Waals surface area (Å²) in [5, 5.41) is 0. The van der Waals surface area contributed by atoms with E-state index in [0.717, 1.165) is 6.54 Å². The Labute approximate surface area is 97.3 Å². The molecule has 1 aromatic rings. The maximum absolute atomic E-state index is 12.8. The SMILES string of the molecule is CC(C)N1CCCC(c2ccc(F)cc2)C1. The van der Waals surface area contributed by atoms with Gasteiger partial charge in [0.2, 0.25) is 0 Å². The molecule has 1 nitrogen and oxygen atoms in total. The van der Waals surface area contributed by atoms with Crippen LogP contribution in [0.5, 0.6) is 0 Å². The van der Waals surface area contributed by atoms with Crippen molar-refractivity contribution in [3.8, 4) is 0 Å². The smallest absolute Gasteiger partial charge is 0.123 e. The first-order valence-electron chi connectivity index (χ1n) is 6.16. The van der Waals surface area contributed by atoms with Gasteiger partial charge in [-0.3, -0.25) is 0 Å². The van der Waals surface area contributed by atoms with Crippen molar-refractivity contribution in [2.45, 2.75) is 38.6 Å². The molecule has 1 aliphatic heterocycles. The van der Waals surface area contributed by atoms with Crippen LogP contribution < -0.4 is 0 Å². The average Bonchev–Trinajstić information content (AvgIpc) is 2.30. The highest BCUT2D eigenvalue weighted by molar-refractivity contribution is 5.21. The highest BCUT2D eigenvalue weighted by atomic mass is 19.1. The van der Waals surface area contributed by atoms with Crippen molar-refractivity contribution >= 4 is 0 Å². The van der Waals surface area contributed by atoms with Gasteiger partial charge >= 0.3 is 0 Å². The summed E-state index contributed by atoms with van der Waals surface area (Å²) in [6.45, 7) is 6.80. The van der Waals surface area contributed by atoms with Crippen LogP contribution in [-0.4, -0.2) is 24.0 Å². The van der Waals surface area contributed by atoms with Gasteiger partial charge in [-0.15, -0.1) is 0 Å². The number of likely N-dealkylation sites (tertiary alicyclic amines) is 1. The van der Waals surface area contributed by atoms with Crippen molar-refractivity contribution in [2.24, 2.45) is 0 Å². The number of nitrogens with zero attached hydrogens (tertiary/aromatic N) is 1. The molecule has 1 atom stereocenters. The molecule has 1 saturated heterocycles. The fourth-order valence-electron chi connectivity index (χ4n) is 2.48. The second-order valence-corrected chi connectivity index (χ2v) is 4.98. The van der Waals surface area contributed by atoms with Gasteiger partial charge in [0.05, 0.1) is 0 Å². The molecule has 0 radical (unpaired) electrons. The summed E-state index contributed by atoms with van der Waals surface area (Å²) in [5.41, 5.74) is 1.28. The molecule has 2 rings (SSSR count). The van der Waals surface area contributed by atoms with E-state index in [1.165, 1.54) is 24.9 Å². The fourth-order valence-corrected chi connectivity index (χ4v) is 2.48. The van der Waals surface area contributed by atoms with E-state index in [1.807, 2.05) is 12.1 Å². The van der Waals surface area contributed by atoms with Gasteiger partial charge in [-0.2, -0.15) is 0 Å². The van der Waals surface area contributed by atoms with Gasteiger partial charge < -0.3 is 4.90 Å². The Kier molecular flexibility index (Phi) is 3.59. The Balaban J connectivity index is 2.06. The Hall–Kier alpha value is -0.890. The number of hydrogen-bond acceptors (Lipinski definition) is 1. The zero-order chi connectivity index (χ0) is 11.5. The van der Waals surface area contributed by atoms with Crippen molar-refractivity contribution in [2.75, 3.05) is 13.1 Å². The monoisotopic (exact) mass is 221 g/mol. The van der Waals surface area contributed by atoms with Crippen LogP contribution in [0.2, 0.25) is 0 Å². The van der Waals surface area contributed by atoms with Gasteiger partial charge in [0.1, 0.15) is 5.82 Å². The molecule has 0 spiro atoms. The topological polar surface area (TPSA) is 3.24 Å². The fraction of sp³-hybridized carbons (Fsp3) is 0.571. The third-order valence-corrected chi connectivity index (χ3v) is 3.52. The molecule has 88 valence electrons. The number of halogens is 1. The third kappa shape index (κ3) is 2.62. The van der Waals surface area contributed by atoms with Gasteiger partial charge in [0, 0.05) is 12.6 Å². The van der Waals surface area contributed by atoms with Crippen molar-refractivity contribution in [1.82, 2.24) is 4.90 Å². The molecular formula is C14H20FN. The largest absolute Gasteiger partial charge is 0.300 e. The molecule has 1 fully saturated rings. The number of rotatable bonds is 2. The quantitative estimate of drug-likeness (QED) is 0.739. The molecule has 0 saturated carbocycles. The number of hydrogen-bond donors (Lipinski definition) is 0. The summed E-state index contributed by atoms with van der Waals surface area (Å²) < 4.78 is 12.8. The molecule has 16 heavy (non-hydrogen) atoms. The van der Waals surface area contributed by atoms with Crippen LogP contribution in [0.4, 0.5) is 4.39 Å². The van der Waals surface area contributed by atoms with Crippen molar-refractivity contribution in [3.63, 3.8) is 0 Å². The Morgan fingerprint density at radius 3 is 2.56 bits per heavy atom. The summed E-state index contributed by atoms with van der Waals surface area (Å²) in [5.74, 6) is 0.442. The normalized spacial score (nSPS) is 22.6. The Morgan fingerprint density at radius 2 is 1.94 bits per heavy atom. The first-order chi connectivity index (χ1) is 7.66. The zero-order valence-electron chi connectivity index (χ0n) is 10.1. The van der Waals surface area contributed by atoms with Crippen molar-refractivity contribution in [3.05, 3.63) is 35.6 Å². The minimum atomic E-state index is -0.139. The maximum atomic E-state index is 12.8. The van der Waals surface area contributed by atoms with Crippen LogP contribution in [0.3, 0.4) is 0 Å². The van der Waals surface area contributed by atoms with Gasteiger partial charge in [-0.25, -0.2) is 4.39 Å². The third-order valence-electron chi connectivity index (χ3n) is 3.52. The van der Waals surface area contributed by atoms with Crippen molar-refractivity contribution in [1.29, 1.82) is 0 Å². The molecule has 0 amide bonds. The molecule has 0 bridgehead atoms. The first-order valence-corrected chi connectivity index (χ1v) is 6.16. The highest BCUT2D eigenvalue weighted by Gasteiger charge is 2.22. The zero-order valence-corrected chi connectivity index (χ0v) is 10.1. The molecular weight excluding hydrogens is 201 g/mol. The lowest BCUT2D eigenvalue weighted by Crippen LogP contribution is -2.39. The standard InChI is InChI=1S/C14H20FN/c1-11(2)16-9-3-4-13(10-16)12-5-7-14(15)8-6-12/h5-8,11,13H,3-4,9-10H2,1-2H3. The minimum absolute atomic E-state index is 0.139. The lowest BCUT2D eigenvalue weighted by atomic mass is 9.90. The van der Waals surface area contributed by atoms with Crippen LogP contribution >= 0.6 is 0 Å². The molecule has 0 aromatic heterocycles. The summed E-state index contributed by atoms with van der Waals surface area (Å²) in [4.78, 5) is 2.51. The lowest BCUT2D eigenvalue weighted by molar-refractivity contribution is 0.167. The summed E-state index contributed by atoms with van der Waals surface area (Å²) in [6.07, 6.45) is 2.48. The number of piperidine rings is 1. The molecule has 1 unspecified atom stereocenters. The second-order valence-electron chi connectivity index (χ2n) is 4.98. The van der Waals surface area contributed by atoms with Gasteiger partial charge in [-0.05, 0) is 56.8 Å². The molecule has 1 heterocycles. The minimum Gasteiger partial charge on any atom is -0.300 e. The molecule has 1 aromatic carbocycles. The highest BCUT2D eigenvalue weighted by Crippen LogP contribution is 2.27. The predicted octanol–water partition coefficient (Wildman–Crippen LogP) is 3.41. The van der Waals surface area contributed by atoms with E-state index in [-0.39, 0.29) is 5.82 Å². The second kappa shape index (κ2) is 4.96. The van der Waals surface area contributed by atoms with Crippen LogP contribution in [0.25, 0.3) is 0 Å². The molecule has 0 aliphatic carbocycles. The van der Waals surface area contributed by atoms with E-state index in [1.54, 1.807) is 12.1 Å². The summed E-state index contributed by atoms with van der Waals surface area (Å²) >= 11 is 0. The van der Waals surface area contributed by atoms with Crippen LogP contribution in [0.1, 0.15) is 38.2 Å². The van der Waals surface area contributed by atoms with E-state index in [4.69, 9.17) is 0 Å². The summed E-state index contributed by atoms with van der Waals surface area (Å²) in [6, 6.07) is 7.63. The molecule has 0 N–H and O–H groups in total. The predicted molar refractivity (Wildman–Crippen MR) is 65.1 cm³/mol. The summed E-state index contributed by atoms with van der Waals surface area (Å²) in [7, 11) is 0. The van der Waals surface area contributed by atoms with Crippen molar-refractivity contribution < 1.29 is 4.39 Å². The van der Waals surface area contributed by atoms with Gasteiger partial charge in [0.25, 0.3) is 0 Å². The molecule has 2 heteroatoms. The van der Waals surface area contributed by atoms with E-state index in [2.05, 4.69) is 18.7 Å². The number of benzene rings is 1. The van der Waals surface area contributed by atoms with E-state index in [0.29, 0.717) is 12.0 Å². The lowest BCUT2D eigenvalue weighted by Gasteiger charge is -2.35. The Bertz CT molecular complexity index is 331. The first kappa shape index (κ1) is 11.6. The average molecular weight is 221 g/mol. The van der Waals surface area contributed by atoms with Crippen LogP contribution in [0.15, 0.2) is 24.3 Å². The Morgan fingerprint density at radius 1 is 1.25 bits per heavy atom. The van der Waals surface area contributed by atoms with E-state index >= 15 is 0 Å². The van der Waals surface area contributed by atoms with E-state index < -0.39 is 0 Å². The molecule has 1 aliphatic rings. The van der Waals surface area contributed by atoms with Gasteiger partial charge in [0.15, 0.2) is 0 Å². The maximum Gasteiger partial charge on any atom is 0.123 e. The van der Waals surface area contributed by atoms with Gasteiger partial charge in [-0.1, -0.05) is 12.1 Å². The van der Waals surface area contributed by atoms with Crippen LogP contribution in [0, 0.1) is 5.82 Å².